The molecule has 3 nitrogen and oxygen atoms in total. The van der Waals surface area contributed by atoms with Crippen LogP contribution in [0.4, 0.5) is 0 Å². The van der Waals surface area contributed by atoms with Gasteiger partial charge in [-0.3, -0.25) is 4.90 Å². The van der Waals surface area contributed by atoms with E-state index >= 15 is 0 Å². The minimum absolute atomic E-state index is 0.122. The minimum Gasteiger partial charge on any atom is -0.395 e. The van der Waals surface area contributed by atoms with Crippen molar-refractivity contribution in [1.82, 2.24) is 9.88 Å². The van der Waals surface area contributed by atoms with Gasteiger partial charge in [0.1, 0.15) is 0 Å². The SMILES string of the molecule is Cc1ncsc1CN(C)Cc1sccc1C#CCCO. The van der Waals surface area contributed by atoms with Gasteiger partial charge in [0.15, 0.2) is 0 Å². The Morgan fingerprint density at radius 2 is 2.10 bits per heavy atom. The molecule has 0 aliphatic rings. The van der Waals surface area contributed by atoms with Crippen LogP contribution in [0.15, 0.2) is 17.0 Å². The molecule has 0 aliphatic carbocycles. The molecular weight excluding hydrogens is 288 g/mol. The Bertz CT molecular complexity index is 607. The second-order valence-corrected chi connectivity index (χ2v) is 6.51. The summed E-state index contributed by atoms with van der Waals surface area (Å²) in [5.41, 5.74) is 4.10. The van der Waals surface area contributed by atoms with E-state index in [0.29, 0.717) is 6.42 Å². The van der Waals surface area contributed by atoms with Crippen LogP contribution in [0.2, 0.25) is 0 Å². The fourth-order valence-corrected chi connectivity index (χ4v) is 3.58. The number of hydrogen-bond donors (Lipinski definition) is 1. The second kappa shape index (κ2) is 7.55. The molecule has 106 valence electrons. The first-order chi connectivity index (χ1) is 9.70. The first-order valence-electron chi connectivity index (χ1n) is 6.44. The lowest BCUT2D eigenvalue weighted by Gasteiger charge is -2.15. The van der Waals surface area contributed by atoms with E-state index in [2.05, 4.69) is 47.1 Å². The molecule has 0 bridgehead atoms. The second-order valence-electron chi connectivity index (χ2n) is 4.57. The van der Waals surface area contributed by atoms with Gasteiger partial charge in [-0.05, 0) is 25.4 Å². The van der Waals surface area contributed by atoms with Crippen molar-refractivity contribution >= 4 is 22.7 Å². The van der Waals surface area contributed by atoms with Crippen molar-refractivity contribution in [3.8, 4) is 11.8 Å². The minimum atomic E-state index is 0.122. The fraction of sp³-hybridized carbons (Fsp3) is 0.400. The Labute approximate surface area is 127 Å². The summed E-state index contributed by atoms with van der Waals surface area (Å²) in [5, 5.41) is 10.8. The summed E-state index contributed by atoms with van der Waals surface area (Å²) in [6, 6.07) is 2.05. The van der Waals surface area contributed by atoms with Crippen molar-refractivity contribution in [2.45, 2.75) is 26.4 Å². The molecule has 2 aromatic heterocycles. The normalized spacial score (nSPS) is 10.6. The van der Waals surface area contributed by atoms with Crippen LogP contribution in [0.25, 0.3) is 0 Å². The van der Waals surface area contributed by atoms with Crippen LogP contribution in [0.3, 0.4) is 0 Å². The lowest BCUT2D eigenvalue weighted by atomic mass is 10.2. The average Bonchev–Trinajstić information content (AvgIpc) is 3.01. The molecule has 0 saturated carbocycles. The first kappa shape index (κ1) is 15.2. The van der Waals surface area contributed by atoms with Gasteiger partial charge in [-0.2, -0.15) is 0 Å². The van der Waals surface area contributed by atoms with E-state index < -0.39 is 0 Å². The quantitative estimate of drug-likeness (QED) is 0.863. The van der Waals surface area contributed by atoms with E-state index in [9.17, 15) is 0 Å². The molecule has 0 aromatic carbocycles. The highest BCUT2D eigenvalue weighted by Crippen LogP contribution is 2.20. The zero-order valence-corrected chi connectivity index (χ0v) is 13.4. The van der Waals surface area contributed by atoms with Crippen LogP contribution in [0, 0.1) is 18.8 Å². The molecule has 0 radical (unpaired) electrons. The number of thiophene rings is 1. The van der Waals surface area contributed by atoms with Crippen molar-refractivity contribution in [2.75, 3.05) is 13.7 Å². The molecule has 0 unspecified atom stereocenters. The largest absolute Gasteiger partial charge is 0.395 e. The molecular formula is C15H18N2OS2. The van der Waals surface area contributed by atoms with Crippen LogP contribution < -0.4 is 0 Å². The number of aliphatic hydroxyl groups excluding tert-OH is 1. The Morgan fingerprint density at radius 3 is 2.80 bits per heavy atom. The topological polar surface area (TPSA) is 36.4 Å². The van der Waals surface area contributed by atoms with E-state index in [1.54, 1.807) is 22.7 Å². The molecule has 0 amide bonds. The molecule has 0 atom stereocenters. The number of rotatable bonds is 5. The third-order valence-corrected chi connectivity index (χ3v) is 4.70. The predicted octanol–water partition coefficient (Wildman–Crippen LogP) is 2.88. The number of hydrogen-bond acceptors (Lipinski definition) is 5. The molecule has 0 spiro atoms. The summed E-state index contributed by atoms with van der Waals surface area (Å²) < 4.78 is 0. The lowest BCUT2D eigenvalue weighted by molar-refractivity contribution is 0.305. The Kier molecular flexibility index (Phi) is 5.74. The molecule has 2 rings (SSSR count). The number of aromatic nitrogens is 1. The van der Waals surface area contributed by atoms with Crippen LogP contribution in [-0.2, 0) is 13.1 Å². The zero-order valence-electron chi connectivity index (χ0n) is 11.7. The molecule has 0 aliphatic heterocycles. The summed E-state index contributed by atoms with van der Waals surface area (Å²) in [7, 11) is 2.11. The third kappa shape index (κ3) is 4.15. The van der Waals surface area contributed by atoms with Crippen LogP contribution in [0.5, 0.6) is 0 Å². The van der Waals surface area contributed by atoms with E-state index in [1.165, 1.54) is 9.75 Å². The van der Waals surface area contributed by atoms with Gasteiger partial charge in [0.25, 0.3) is 0 Å². The Morgan fingerprint density at radius 1 is 1.30 bits per heavy atom. The lowest BCUT2D eigenvalue weighted by Crippen LogP contribution is -2.16. The summed E-state index contributed by atoms with van der Waals surface area (Å²) in [5.74, 6) is 6.12. The number of aliphatic hydroxyl groups is 1. The van der Waals surface area contributed by atoms with Crippen molar-refractivity contribution in [3.63, 3.8) is 0 Å². The van der Waals surface area contributed by atoms with E-state index in [0.717, 1.165) is 24.3 Å². The Balaban J connectivity index is 1.98. The average molecular weight is 306 g/mol. The van der Waals surface area contributed by atoms with Gasteiger partial charge in [-0.25, -0.2) is 4.98 Å². The number of aryl methyl sites for hydroxylation is 1. The van der Waals surface area contributed by atoms with Gasteiger partial charge in [-0.1, -0.05) is 11.8 Å². The number of thiazole rings is 1. The van der Waals surface area contributed by atoms with Crippen molar-refractivity contribution < 1.29 is 5.11 Å². The van der Waals surface area contributed by atoms with E-state index in [1.807, 2.05) is 5.51 Å². The summed E-state index contributed by atoms with van der Waals surface area (Å²) >= 11 is 3.44. The van der Waals surface area contributed by atoms with Gasteiger partial charge < -0.3 is 5.11 Å². The molecule has 0 saturated heterocycles. The maximum atomic E-state index is 8.77. The van der Waals surface area contributed by atoms with Crippen molar-refractivity contribution in [1.29, 1.82) is 0 Å². The van der Waals surface area contributed by atoms with E-state index in [-0.39, 0.29) is 6.61 Å². The van der Waals surface area contributed by atoms with Gasteiger partial charge in [0.05, 0.1) is 17.8 Å². The highest BCUT2D eigenvalue weighted by molar-refractivity contribution is 7.10. The highest BCUT2D eigenvalue weighted by Gasteiger charge is 2.09. The molecule has 2 heterocycles. The zero-order chi connectivity index (χ0) is 14.4. The van der Waals surface area contributed by atoms with Crippen LogP contribution in [-0.4, -0.2) is 28.6 Å². The van der Waals surface area contributed by atoms with Gasteiger partial charge in [0.2, 0.25) is 0 Å². The smallest absolute Gasteiger partial charge is 0.0798 e. The van der Waals surface area contributed by atoms with Crippen molar-refractivity contribution in [2.24, 2.45) is 0 Å². The van der Waals surface area contributed by atoms with Crippen LogP contribution >= 0.6 is 22.7 Å². The Hall–Kier alpha value is -1.19. The van der Waals surface area contributed by atoms with Gasteiger partial charge >= 0.3 is 0 Å². The predicted molar refractivity (Wildman–Crippen MR) is 84.9 cm³/mol. The molecule has 5 heteroatoms. The molecule has 0 fully saturated rings. The summed E-state index contributed by atoms with van der Waals surface area (Å²) in [6.07, 6.45) is 0.533. The highest BCUT2D eigenvalue weighted by atomic mass is 32.1. The molecule has 1 N–H and O–H groups in total. The van der Waals surface area contributed by atoms with Gasteiger partial charge in [0, 0.05) is 34.8 Å². The standard InChI is InChI=1S/C15H18N2OS2/c1-12-14(20-11-16-12)9-17(2)10-15-13(6-8-19-15)5-3-4-7-18/h6,8,11,18H,4,7,9-10H2,1-2H3. The van der Waals surface area contributed by atoms with Crippen LogP contribution in [0.1, 0.15) is 27.4 Å². The maximum Gasteiger partial charge on any atom is 0.0798 e. The van der Waals surface area contributed by atoms with Crippen molar-refractivity contribution in [3.05, 3.63) is 38.0 Å². The summed E-state index contributed by atoms with van der Waals surface area (Å²) in [4.78, 5) is 9.16. The monoisotopic (exact) mass is 306 g/mol. The fourth-order valence-electron chi connectivity index (χ4n) is 1.81. The number of nitrogens with zero attached hydrogens (tertiary/aromatic N) is 2. The van der Waals surface area contributed by atoms with E-state index in [4.69, 9.17) is 5.11 Å². The first-order valence-corrected chi connectivity index (χ1v) is 8.20. The summed E-state index contributed by atoms with van der Waals surface area (Å²) in [6.45, 7) is 3.98. The third-order valence-electron chi connectivity index (χ3n) is 2.88. The maximum absolute atomic E-state index is 8.77. The molecule has 2 aromatic rings. The van der Waals surface area contributed by atoms with Gasteiger partial charge in [-0.15, -0.1) is 22.7 Å². The molecule has 20 heavy (non-hydrogen) atoms.